The average molecular weight is 338 g/mol. The van der Waals surface area contributed by atoms with Crippen LogP contribution >= 0.6 is 0 Å². The maximum absolute atomic E-state index is 10.8. The second kappa shape index (κ2) is 8.31. The van der Waals surface area contributed by atoms with Gasteiger partial charge in [-0.25, -0.2) is 4.79 Å². The molecule has 11 heteroatoms. The van der Waals surface area contributed by atoms with Gasteiger partial charge in [-0.1, -0.05) is 0 Å². The molecular formula is C12H18O11. The van der Waals surface area contributed by atoms with Gasteiger partial charge in [-0.3, -0.25) is 0 Å². The van der Waals surface area contributed by atoms with Gasteiger partial charge in [0.25, 0.3) is 0 Å². The van der Waals surface area contributed by atoms with Crippen molar-refractivity contribution in [3.05, 3.63) is 11.8 Å². The van der Waals surface area contributed by atoms with Gasteiger partial charge in [-0.15, -0.1) is 0 Å². The molecule has 1 heterocycles. The zero-order valence-corrected chi connectivity index (χ0v) is 11.7. The van der Waals surface area contributed by atoms with Crippen LogP contribution in [0.1, 0.15) is 0 Å². The number of aliphatic carboxylic acids is 1. The Balaban J connectivity index is 2.96. The molecule has 0 aromatic heterocycles. The molecule has 7 atom stereocenters. The largest absolute Gasteiger partial charge is 0.475 e. The fourth-order valence-electron chi connectivity index (χ4n) is 1.81. The third-order valence-electron chi connectivity index (χ3n) is 3.09. The number of aliphatic hydroxyl groups is 6. The Labute approximate surface area is 129 Å². The van der Waals surface area contributed by atoms with E-state index in [-0.39, 0.29) is 6.29 Å². The molecule has 0 saturated carbocycles. The smallest absolute Gasteiger partial charge is 0.371 e. The number of carboxylic acids is 1. The summed E-state index contributed by atoms with van der Waals surface area (Å²) in [5.74, 6) is -2.33. The standard InChI is InChI=1S/C12H18O11/c13-2-5(16)8(18)10(6(17)3-14)23-12-9(19)4(15)1-7(22-12)11(20)21/h1-2,4-6,8-10,12,14-19H,3H2,(H,20,21)/t4-,5-,6+,8+,9+,10+,12-/m0/s1. The lowest BCUT2D eigenvalue weighted by Crippen LogP contribution is -2.53. The van der Waals surface area contributed by atoms with Gasteiger partial charge in [-0.2, -0.15) is 0 Å². The van der Waals surface area contributed by atoms with Crippen LogP contribution in [-0.2, 0) is 19.1 Å². The third-order valence-corrected chi connectivity index (χ3v) is 3.09. The summed E-state index contributed by atoms with van der Waals surface area (Å²) >= 11 is 0. The second-order valence-electron chi connectivity index (χ2n) is 4.77. The van der Waals surface area contributed by atoms with Crippen molar-refractivity contribution in [1.29, 1.82) is 0 Å². The van der Waals surface area contributed by atoms with Gasteiger partial charge in [0.15, 0.2) is 6.29 Å². The van der Waals surface area contributed by atoms with Crippen molar-refractivity contribution in [3.8, 4) is 0 Å². The van der Waals surface area contributed by atoms with Crippen molar-refractivity contribution in [2.24, 2.45) is 0 Å². The van der Waals surface area contributed by atoms with Crippen LogP contribution in [0.2, 0.25) is 0 Å². The summed E-state index contributed by atoms with van der Waals surface area (Å²) in [5.41, 5.74) is 0. The summed E-state index contributed by atoms with van der Waals surface area (Å²) in [6.45, 7) is -0.944. The predicted octanol–water partition coefficient (Wildman–Crippen LogP) is -4.31. The molecule has 0 fully saturated rings. The first kappa shape index (κ1) is 19.4. The van der Waals surface area contributed by atoms with Crippen LogP contribution in [0.5, 0.6) is 0 Å². The highest BCUT2D eigenvalue weighted by Gasteiger charge is 2.41. The fraction of sp³-hybridized carbons (Fsp3) is 0.667. The molecule has 0 bridgehead atoms. The first-order valence-electron chi connectivity index (χ1n) is 6.46. The van der Waals surface area contributed by atoms with Crippen molar-refractivity contribution in [2.75, 3.05) is 6.61 Å². The number of ether oxygens (including phenoxy) is 2. The van der Waals surface area contributed by atoms with E-state index in [9.17, 15) is 35.1 Å². The number of carbonyl (C=O) groups excluding carboxylic acids is 1. The normalized spacial score (nSPS) is 29.7. The Morgan fingerprint density at radius 2 is 1.96 bits per heavy atom. The Morgan fingerprint density at radius 1 is 1.35 bits per heavy atom. The van der Waals surface area contributed by atoms with E-state index in [0.717, 1.165) is 0 Å². The summed E-state index contributed by atoms with van der Waals surface area (Å²) in [6, 6.07) is 0. The second-order valence-corrected chi connectivity index (χ2v) is 4.77. The molecule has 132 valence electrons. The van der Waals surface area contributed by atoms with Crippen LogP contribution in [-0.4, -0.2) is 97.5 Å². The Morgan fingerprint density at radius 3 is 2.43 bits per heavy atom. The van der Waals surface area contributed by atoms with E-state index in [1.165, 1.54) is 0 Å². The van der Waals surface area contributed by atoms with Crippen molar-refractivity contribution >= 4 is 12.3 Å². The van der Waals surface area contributed by atoms with Crippen molar-refractivity contribution < 1.29 is 54.8 Å². The molecule has 1 aliphatic rings. The first-order valence-corrected chi connectivity index (χ1v) is 6.46. The van der Waals surface area contributed by atoms with Gasteiger partial charge in [0, 0.05) is 0 Å². The van der Waals surface area contributed by atoms with Gasteiger partial charge in [0.2, 0.25) is 12.0 Å². The zero-order chi connectivity index (χ0) is 17.7. The number of rotatable bonds is 8. The molecule has 0 aromatic rings. The minimum Gasteiger partial charge on any atom is -0.475 e. The quantitative estimate of drug-likeness (QED) is 0.211. The van der Waals surface area contributed by atoms with E-state index >= 15 is 0 Å². The van der Waals surface area contributed by atoms with Crippen LogP contribution in [0.25, 0.3) is 0 Å². The van der Waals surface area contributed by atoms with E-state index in [1.807, 2.05) is 0 Å². The molecule has 1 aliphatic heterocycles. The topological polar surface area (TPSA) is 194 Å². The molecule has 1 rings (SSSR count). The summed E-state index contributed by atoms with van der Waals surface area (Å²) in [7, 11) is 0. The van der Waals surface area contributed by atoms with Gasteiger partial charge in [-0.05, 0) is 6.08 Å². The molecule has 11 nitrogen and oxygen atoms in total. The lowest BCUT2D eigenvalue weighted by Gasteiger charge is -2.36. The van der Waals surface area contributed by atoms with Crippen LogP contribution < -0.4 is 0 Å². The highest BCUT2D eigenvalue weighted by Crippen LogP contribution is 2.23. The highest BCUT2D eigenvalue weighted by atomic mass is 16.7. The van der Waals surface area contributed by atoms with E-state index in [4.69, 9.17) is 19.7 Å². The number of hydrogen-bond acceptors (Lipinski definition) is 10. The lowest BCUT2D eigenvalue weighted by atomic mass is 10.0. The third kappa shape index (κ3) is 4.68. The molecule has 0 radical (unpaired) electrons. The summed E-state index contributed by atoms with van der Waals surface area (Å²) < 4.78 is 9.75. The highest BCUT2D eigenvalue weighted by molar-refractivity contribution is 5.84. The van der Waals surface area contributed by atoms with Gasteiger partial charge in [0.1, 0.15) is 36.6 Å². The van der Waals surface area contributed by atoms with Crippen molar-refractivity contribution in [3.63, 3.8) is 0 Å². The van der Waals surface area contributed by atoms with E-state index in [0.29, 0.717) is 6.08 Å². The molecular weight excluding hydrogens is 320 g/mol. The van der Waals surface area contributed by atoms with Crippen LogP contribution in [0.4, 0.5) is 0 Å². The number of carbonyl (C=O) groups is 2. The monoisotopic (exact) mass is 338 g/mol. The number of carboxylic acid groups (broad SMARTS) is 1. The van der Waals surface area contributed by atoms with Gasteiger partial charge in [0.05, 0.1) is 6.61 Å². The molecule has 0 aliphatic carbocycles. The van der Waals surface area contributed by atoms with Crippen molar-refractivity contribution in [1.82, 2.24) is 0 Å². The molecule has 7 N–H and O–H groups in total. The minimum absolute atomic E-state index is 0.0549. The van der Waals surface area contributed by atoms with Gasteiger partial charge < -0.3 is 50.0 Å². The zero-order valence-electron chi connectivity index (χ0n) is 11.7. The summed E-state index contributed by atoms with van der Waals surface area (Å²) in [5, 5.41) is 65.6. The molecule has 0 spiro atoms. The number of hydrogen-bond donors (Lipinski definition) is 7. The average Bonchev–Trinajstić information content (AvgIpc) is 2.53. The van der Waals surface area contributed by atoms with Crippen LogP contribution in [0.15, 0.2) is 11.8 Å². The Bertz CT molecular complexity index is 450. The van der Waals surface area contributed by atoms with E-state index in [2.05, 4.69) is 0 Å². The first-order chi connectivity index (χ1) is 10.7. The van der Waals surface area contributed by atoms with E-state index in [1.54, 1.807) is 0 Å². The lowest BCUT2D eigenvalue weighted by molar-refractivity contribution is -0.260. The Hall–Kier alpha value is -1.60. The SMILES string of the molecule is O=C[C@H](O)[C@@H](O)[C@H](O[C@@H]1OC(C(=O)O)=C[C@H](O)[C@H]1O)[C@H](O)CO. The van der Waals surface area contributed by atoms with Crippen molar-refractivity contribution in [2.45, 2.75) is 42.9 Å². The molecule has 0 aromatic carbocycles. The molecule has 23 heavy (non-hydrogen) atoms. The van der Waals surface area contributed by atoms with E-state index < -0.39 is 61.2 Å². The molecule has 0 saturated heterocycles. The minimum atomic E-state index is -2.01. The maximum Gasteiger partial charge on any atom is 0.371 e. The van der Waals surface area contributed by atoms with Gasteiger partial charge >= 0.3 is 5.97 Å². The summed E-state index contributed by atoms with van der Waals surface area (Å²) in [4.78, 5) is 21.3. The predicted molar refractivity (Wildman–Crippen MR) is 68.6 cm³/mol. The number of aldehydes is 1. The summed E-state index contributed by atoms with van der Waals surface area (Å²) in [6.07, 6.45) is -12.3. The number of aliphatic hydroxyl groups excluding tert-OH is 6. The maximum atomic E-state index is 10.8. The fourth-order valence-corrected chi connectivity index (χ4v) is 1.81. The Kier molecular flexibility index (Phi) is 7.02. The molecule has 0 unspecified atom stereocenters. The molecule has 0 amide bonds. The van der Waals surface area contributed by atoms with Crippen LogP contribution in [0, 0.1) is 0 Å². The van der Waals surface area contributed by atoms with Crippen LogP contribution in [0.3, 0.4) is 0 Å².